The molecule has 4 atom stereocenters. The molecule has 3 amide bonds. The summed E-state index contributed by atoms with van der Waals surface area (Å²) in [5, 5.41) is 2.66. The summed E-state index contributed by atoms with van der Waals surface area (Å²) in [5.74, 6) is -0.268. The van der Waals surface area contributed by atoms with Crippen LogP contribution in [0.15, 0.2) is 35.0 Å². The van der Waals surface area contributed by atoms with Crippen molar-refractivity contribution in [3.05, 3.63) is 36.3 Å². The average molecular weight is 300 g/mol. The molecule has 114 valence electrons. The third-order valence-electron chi connectivity index (χ3n) is 4.90. The van der Waals surface area contributed by atoms with Gasteiger partial charge < -0.3 is 9.73 Å². The fraction of sp³-hybridized carbons (Fsp3) is 0.438. The van der Waals surface area contributed by atoms with Crippen molar-refractivity contribution in [2.45, 2.75) is 13.0 Å². The third kappa shape index (κ3) is 1.90. The van der Waals surface area contributed by atoms with Crippen LogP contribution in [0.4, 0.5) is 0 Å². The number of allylic oxidation sites excluding steroid dienone is 2. The number of carbonyl (C=O) groups is 3. The SMILES string of the molecule is O=C(CN1C(=O)[C@H]2[C@H](C1=O)[C@H]1C=C[C@@H]2C1)NCc1ccco1. The second kappa shape index (κ2) is 4.83. The lowest BCUT2D eigenvalue weighted by molar-refractivity contribution is -0.144. The number of carbonyl (C=O) groups excluding carboxylic acids is 3. The number of amides is 3. The topological polar surface area (TPSA) is 79.6 Å². The first-order valence-corrected chi connectivity index (χ1v) is 7.48. The van der Waals surface area contributed by atoms with Crippen molar-refractivity contribution in [1.29, 1.82) is 0 Å². The predicted molar refractivity (Wildman–Crippen MR) is 75.0 cm³/mol. The molecule has 1 saturated heterocycles. The molecule has 3 aliphatic rings. The third-order valence-corrected chi connectivity index (χ3v) is 4.90. The Morgan fingerprint density at radius 1 is 1.23 bits per heavy atom. The molecular formula is C16H16N2O4. The maximum absolute atomic E-state index is 12.4. The van der Waals surface area contributed by atoms with Gasteiger partial charge in [0.2, 0.25) is 17.7 Å². The Balaban J connectivity index is 1.40. The zero-order valence-corrected chi connectivity index (χ0v) is 11.9. The van der Waals surface area contributed by atoms with Crippen LogP contribution in [0.1, 0.15) is 12.2 Å². The van der Waals surface area contributed by atoms with Gasteiger partial charge in [0, 0.05) is 0 Å². The monoisotopic (exact) mass is 300 g/mol. The molecule has 1 saturated carbocycles. The van der Waals surface area contributed by atoms with Crippen LogP contribution in [0.3, 0.4) is 0 Å². The highest BCUT2D eigenvalue weighted by atomic mass is 16.3. The number of rotatable bonds is 4. The predicted octanol–water partition coefficient (Wildman–Crippen LogP) is 0.703. The molecule has 1 aromatic heterocycles. The Hall–Kier alpha value is -2.37. The number of nitrogens with one attached hydrogen (secondary N) is 1. The Morgan fingerprint density at radius 3 is 2.50 bits per heavy atom. The van der Waals surface area contributed by atoms with Gasteiger partial charge >= 0.3 is 0 Å². The molecule has 2 aliphatic carbocycles. The summed E-state index contributed by atoms with van der Waals surface area (Å²) >= 11 is 0. The number of furan rings is 1. The van der Waals surface area contributed by atoms with Crippen LogP contribution >= 0.6 is 0 Å². The van der Waals surface area contributed by atoms with Gasteiger partial charge in [0.1, 0.15) is 12.3 Å². The molecule has 0 spiro atoms. The van der Waals surface area contributed by atoms with Gasteiger partial charge in [-0.15, -0.1) is 0 Å². The molecule has 0 unspecified atom stereocenters. The van der Waals surface area contributed by atoms with E-state index in [0.29, 0.717) is 5.76 Å². The van der Waals surface area contributed by atoms with Gasteiger partial charge in [-0.2, -0.15) is 0 Å². The van der Waals surface area contributed by atoms with Crippen molar-refractivity contribution in [3.8, 4) is 0 Å². The minimum Gasteiger partial charge on any atom is -0.467 e. The first-order valence-electron chi connectivity index (χ1n) is 7.48. The van der Waals surface area contributed by atoms with Crippen molar-refractivity contribution in [3.63, 3.8) is 0 Å². The van der Waals surface area contributed by atoms with Crippen molar-refractivity contribution in [1.82, 2.24) is 10.2 Å². The maximum atomic E-state index is 12.4. The number of likely N-dealkylation sites (tertiary alicyclic amines) is 1. The van der Waals surface area contributed by atoms with Crippen molar-refractivity contribution < 1.29 is 18.8 Å². The van der Waals surface area contributed by atoms with Crippen molar-refractivity contribution in [2.75, 3.05) is 6.54 Å². The van der Waals surface area contributed by atoms with E-state index in [0.717, 1.165) is 11.3 Å². The highest BCUT2D eigenvalue weighted by molar-refractivity contribution is 6.08. The number of hydrogen-bond donors (Lipinski definition) is 1. The standard InChI is InChI=1S/C16H16N2O4/c19-12(17-7-11-2-1-5-22-11)8-18-15(20)13-9-3-4-10(6-9)14(13)16(18)21/h1-5,9-10,13-14H,6-8H2,(H,17,19)/t9-,10+,13-,14-/m1/s1. The Kier molecular flexibility index (Phi) is 2.92. The van der Waals surface area contributed by atoms with Crippen LogP contribution in [-0.2, 0) is 20.9 Å². The van der Waals surface area contributed by atoms with E-state index in [2.05, 4.69) is 5.32 Å². The fourth-order valence-corrected chi connectivity index (χ4v) is 3.92. The van der Waals surface area contributed by atoms with E-state index >= 15 is 0 Å². The maximum Gasteiger partial charge on any atom is 0.240 e. The number of imide groups is 1. The van der Waals surface area contributed by atoms with Crippen LogP contribution in [-0.4, -0.2) is 29.2 Å². The summed E-state index contributed by atoms with van der Waals surface area (Å²) in [5.41, 5.74) is 0. The minimum atomic E-state index is -0.349. The van der Waals surface area contributed by atoms with E-state index in [4.69, 9.17) is 4.42 Å². The molecule has 2 bridgehead atoms. The largest absolute Gasteiger partial charge is 0.467 e. The van der Waals surface area contributed by atoms with Gasteiger partial charge in [0.15, 0.2) is 0 Å². The Morgan fingerprint density at radius 2 is 1.91 bits per heavy atom. The highest BCUT2D eigenvalue weighted by Crippen LogP contribution is 2.52. The van der Waals surface area contributed by atoms with Gasteiger partial charge in [0.25, 0.3) is 0 Å². The van der Waals surface area contributed by atoms with Gasteiger partial charge in [-0.1, -0.05) is 12.2 Å². The van der Waals surface area contributed by atoms with Gasteiger partial charge in [-0.05, 0) is 30.4 Å². The summed E-state index contributed by atoms with van der Waals surface area (Å²) in [7, 11) is 0. The molecule has 22 heavy (non-hydrogen) atoms. The van der Waals surface area contributed by atoms with Crippen molar-refractivity contribution in [2.24, 2.45) is 23.7 Å². The molecule has 1 N–H and O–H groups in total. The number of nitrogens with zero attached hydrogens (tertiary/aromatic N) is 1. The van der Waals surface area contributed by atoms with E-state index in [1.54, 1.807) is 12.1 Å². The molecule has 6 heteroatoms. The Labute approximate surface area is 127 Å². The van der Waals surface area contributed by atoms with Gasteiger partial charge in [0.05, 0.1) is 24.6 Å². The fourth-order valence-electron chi connectivity index (χ4n) is 3.92. The molecular weight excluding hydrogens is 284 g/mol. The van der Waals surface area contributed by atoms with Crippen LogP contribution in [0.2, 0.25) is 0 Å². The zero-order valence-electron chi connectivity index (χ0n) is 11.9. The minimum absolute atomic E-state index is 0.169. The van der Waals surface area contributed by atoms with Crippen LogP contribution in [0, 0.1) is 23.7 Å². The first-order chi connectivity index (χ1) is 10.6. The van der Waals surface area contributed by atoms with Crippen LogP contribution in [0.25, 0.3) is 0 Å². The van der Waals surface area contributed by atoms with E-state index < -0.39 is 0 Å². The number of fused-ring (bicyclic) bond motifs is 5. The first kappa shape index (κ1) is 13.3. The molecule has 1 aliphatic heterocycles. The van der Waals surface area contributed by atoms with E-state index in [-0.39, 0.29) is 54.5 Å². The Bertz CT molecular complexity index is 634. The lowest BCUT2D eigenvalue weighted by Crippen LogP contribution is -2.41. The quantitative estimate of drug-likeness (QED) is 0.656. The molecule has 6 nitrogen and oxygen atoms in total. The summed E-state index contributed by atoms with van der Waals surface area (Å²) in [6.45, 7) is 0.0481. The zero-order chi connectivity index (χ0) is 15.3. The summed E-state index contributed by atoms with van der Waals surface area (Å²) in [6, 6.07) is 3.49. The molecule has 2 heterocycles. The summed E-state index contributed by atoms with van der Waals surface area (Å²) in [6.07, 6.45) is 6.50. The second-order valence-corrected chi connectivity index (χ2v) is 6.12. The highest BCUT2D eigenvalue weighted by Gasteiger charge is 2.59. The van der Waals surface area contributed by atoms with Gasteiger partial charge in [-0.25, -0.2) is 0 Å². The van der Waals surface area contributed by atoms with E-state index in [9.17, 15) is 14.4 Å². The molecule has 0 aromatic carbocycles. The van der Waals surface area contributed by atoms with Gasteiger partial charge in [-0.3, -0.25) is 19.3 Å². The van der Waals surface area contributed by atoms with Crippen LogP contribution in [0.5, 0.6) is 0 Å². The van der Waals surface area contributed by atoms with E-state index in [1.165, 1.54) is 6.26 Å². The molecule has 0 radical (unpaired) electrons. The number of hydrogen-bond acceptors (Lipinski definition) is 4. The average Bonchev–Trinajstić information content (AvgIpc) is 3.26. The van der Waals surface area contributed by atoms with Crippen LogP contribution < -0.4 is 5.32 Å². The van der Waals surface area contributed by atoms with E-state index in [1.807, 2.05) is 12.2 Å². The smallest absolute Gasteiger partial charge is 0.240 e. The lowest BCUT2D eigenvalue weighted by atomic mass is 9.85. The van der Waals surface area contributed by atoms with Crippen molar-refractivity contribution >= 4 is 17.7 Å². The molecule has 1 aromatic rings. The lowest BCUT2D eigenvalue weighted by Gasteiger charge is -2.16. The molecule has 4 rings (SSSR count). The molecule has 2 fully saturated rings. The summed E-state index contributed by atoms with van der Waals surface area (Å²) in [4.78, 5) is 37.9. The normalized spacial score (nSPS) is 31.9. The second-order valence-electron chi connectivity index (χ2n) is 6.12. The summed E-state index contributed by atoms with van der Waals surface area (Å²) < 4.78 is 5.12.